The molecule has 0 spiro atoms. The minimum Gasteiger partial charge on any atom is -0.335 e. The number of nitrogen functional groups attached to an aromatic ring is 1. The van der Waals surface area contributed by atoms with Gasteiger partial charge in [0.25, 0.3) is 0 Å². The fourth-order valence-corrected chi connectivity index (χ4v) is 2.48. The second kappa shape index (κ2) is 5.52. The number of nitrogens with zero attached hydrogens (tertiary/aromatic N) is 4. The van der Waals surface area contributed by atoms with Gasteiger partial charge in [0.05, 0.1) is 0 Å². The lowest BCUT2D eigenvalue weighted by molar-refractivity contribution is 0.847. The van der Waals surface area contributed by atoms with Crippen molar-refractivity contribution in [2.24, 2.45) is 0 Å². The van der Waals surface area contributed by atoms with Crippen LogP contribution in [0.5, 0.6) is 0 Å². The van der Waals surface area contributed by atoms with Gasteiger partial charge in [-0.15, -0.1) is 10.2 Å². The molecular formula is C13H10ClN5S. The molecule has 2 aromatic heterocycles. The van der Waals surface area contributed by atoms with Crippen LogP contribution in [-0.2, 0) is 0 Å². The molecule has 0 bridgehead atoms. The first-order valence-electron chi connectivity index (χ1n) is 5.79. The van der Waals surface area contributed by atoms with E-state index in [-0.39, 0.29) is 0 Å². The predicted molar refractivity (Wildman–Crippen MR) is 79.0 cm³/mol. The van der Waals surface area contributed by atoms with Gasteiger partial charge in [0.2, 0.25) is 5.16 Å². The highest BCUT2D eigenvalue weighted by atomic mass is 35.5. The monoisotopic (exact) mass is 303 g/mol. The first kappa shape index (κ1) is 13.0. The van der Waals surface area contributed by atoms with E-state index in [0.29, 0.717) is 16.0 Å². The smallest absolute Gasteiger partial charge is 0.216 e. The third-order valence-electron chi connectivity index (χ3n) is 2.60. The maximum Gasteiger partial charge on any atom is 0.216 e. The summed E-state index contributed by atoms with van der Waals surface area (Å²) in [6.45, 7) is 0. The van der Waals surface area contributed by atoms with Crippen LogP contribution in [0.4, 0.5) is 0 Å². The molecule has 0 aliphatic rings. The second-order valence-corrected chi connectivity index (χ2v) is 5.38. The van der Waals surface area contributed by atoms with E-state index in [9.17, 15) is 0 Å². The quantitative estimate of drug-likeness (QED) is 0.753. The van der Waals surface area contributed by atoms with Crippen LogP contribution >= 0.6 is 23.4 Å². The van der Waals surface area contributed by atoms with Crippen molar-refractivity contribution in [3.63, 3.8) is 0 Å². The lowest BCUT2D eigenvalue weighted by atomic mass is 10.2. The van der Waals surface area contributed by atoms with Gasteiger partial charge in [-0.25, -0.2) is 9.66 Å². The molecule has 3 aromatic rings. The number of aromatic nitrogens is 4. The molecule has 2 N–H and O–H groups in total. The zero-order valence-corrected chi connectivity index (χ0v) is 11.8. The molecule has 0 atom stereocenters. The summed E-state index contributed by atoms with van der Waals surface area (Å²) >= 11 is 7.23. The van der Waals surface area contributed by atoms with Crippen LogP contribution < -0.4 is 5.84 Å². The molecule has 0 amide bonds. The lowest BCUT2D eigenvalue weighted by Crippen LogP contribution is -2.11. The molecule has 0 unspecified atom stereocenters. The van der Waals surface area contributed by atoms with Gasteiger partial charge in [0, 0.05) is 16.8 Å². The van der Waals surface area contributed by atoms with Crippen molar-refractivity contribution in [2.45, 2.75) is 10.2 Å². The average Bonchev–Trinajstić information content (AvgIpc) is 2.83. The van der Waals surface area contributed by atoms with E-state index in [2.05, 4.69) is 15.2 Å². The van der Waals surface area contributed by atoms with E-state index in [4.69, 9.17) is 17.4 Å². The summed E-state index contributed by atoms with van der Waals surface area (Å²) in [4.78, 5) is 4.22. The van der Waals surface area contributed by atoms with Crippen LogP contribution in [0.15, 0.2) is 58.8 Å². The van der Waals surface area contributed by atoms with Crippen LogP contribution in [0.3, 0.4) is 0 Å². The number of benzene rings is 1. The van der Waals surface area contributed by atoms with Crippen LogP contribution in [0, 0.1) is 0 Å². The van der Waals surface area contributed by atoms with Gasteiger partial charge in [-0.2, -0.15) is 0 Å². The van der Waals surface area contributed by atoms with E-state index in [1.165, 1.54) is 16.4 Å². The zero-order valence-electron chi connectivity index (χ0n) is 10.3. The normalized spacial score (nSPS) is 10.7. The fraction of sp³-hybridized carbons (Fsp3) is 0. The Hall–Kier alpha value is -2.05. The Bertz CT molecular complexity index is 711. The van der Waals surface area contributed by atoms with Crippen molar-refractivity contribution in [3.05, 3.63) is 53.7 Å². The Labute approximate surface area is 124 Å². The van der Waals surface area contributed by atoms with Crippen molar-refractivity contribution < 1.29 is 0 Å². The Morgan fingerprint density at radius 1 is 1.05 bits per heavy atom. The molecule has 0 aliphatic heterocycles. The lowest BCUT2D eigenvalue weighted by Gasteiger charge is -2.03. The highest BCUT2D eigenvalue weighted by Gasteiger charge is 2.13. The van der Waals surface area contributed by atoms with E-state index >= 15 is 0 Å². The molecule has 0 aliphatic carbocycles. The summed E-state index contributed by atoms with van der Waals surface area (Å²) in [5.41, 5.74) is 0.859. The summed E-state index contributed by atoms with van der Waals surface area (Å²) in [7, 11) is 0. The van der Waals surface area contributed by atoms with Crippen LogP contribution in [0.2, 0.25) is 5.02 Å². The highest BCUT2D eigenvalue weighted by Crippen LogP contribution is 2.26. The third-order valence-corrected chi connectivity index (χ3v) is 3.76. The maximum absolute atomic E-state index is 6.03. The minimum absolute atomic E-state index is 0.577. The van der Waals surface area contributed by atoms with E-state index < -0.39 is 0 Å². The molecule has 7 heteroatoms. The fourth-order valence-electron chi connectivity index (χ4n) is 1.64. The van der Waals surface area contributed by atoms with Crippen LogP contribution in [0.1, 0.15) is 0 Å². The standard InChI is InChI=1S/C13H10ClN5S/c14-10-6-4-9(5-7-10)12-17-18-13(19(12)15)20-11-3-1-2-8-16-11/h1-8H,15H2. The Balaban J connectivity index is 1.91. The van der Waals surface area contributed by atoms with E-state index in [1.54, 1.807) is 18.3 Å². The molecule has 5 nitrogen and oxygen atoms in total. The van der Waals surface area contributed by atoms with Gasteiger partial charge in [-0.3, -0.25) is 0 Å². The summed E-state index contributed by atoms with van der Waals surface area (Å²) in [5.74, 6) is 6.61. The molecule has 0 fully saturated rings. The number of hydrogen-bond donors (Lipinski definition) is 1. The maximum atomic E-state index is 6.03. The number of rotatable bonds is 3. The topological polar surface area (TPSA) is 69.6 Å². The van der Waals surface area contributed by atoms with Gasteiger partial charge >= 0.3 is 0 Å². The summed E-state index contributed by atoms with van der Waals surface area (Å²) in [6, 6.07) is 12.9. The molecular weight excluding hydrogens is 294 g/mol. The summed E-state index contributed by atoms with van der Waals surface area (Å²) in [5, 5.41) is 10.3. The molecule has 0 saturated carbocycles. The Morgan fingerprint density at radius 3 is 2.55 bits per heavy atom. The first-order valence-corrected chi connectivity index (χ1v) is 6.99. The predicted octanol–water partition coefficient (Wildman–Crippen LogP) is 2.86. The number of nitrogens with two attached hydrogens (primary N) is 1. The number of halogens is 1. The average molecular weight is 304 g/mol. The van der Waals surface area contributed by atoms with Crippen LogP contribution in [0.25, 0.3) is 11.4 Å². The molecule has 100 valence electrons. The van der Waals surface area contributed by atoms with E-state index in [0.717, 1.165) is 10.6 Å². The molecule has 2 heterocycles. The van der Waals surface area contributed by atoms with Crippen molar-refractivity contribution in [3.8, 4) is 11.4 Å². The molecule has 0 radical (unpaired) electrons. The van der Waals surface area contributed by atoms with Crippen molar-refractivity contribution in [2.75, 3.05) is 5.84 Å². The number of hydrogen-bond acceptors (Lipinski definition) is 5. The summed E-state index contributed by atoms with van der Waals surface area (Å²) in [6.07, 6.45) is 1.72. The molecule has 1 aromatic carbocycles. The van der Waals surface area contributed by atoms with Gasteiger partial charge in [0.1, 0.15) is 5.03 Å². The van der Waals surface area contributed by atoms with E-state index in [1.807, 2.05) is 30.3 Å². The van der Waals surface area contributed by atoms with Gasteiger partial charge in [-0.05, 0) is 48.2 Å². The number of pyridine rings is 1. The molecule has 0 saturated heterocycles. The minimum atomic E-state index is 0.577. The van der Waals surface area contributed by atoms with Gasteiger partial charge in [-0.1, -0.05) is 17.7 Å². The molecule has 3 rings (SSSR count). The van der Waals surface area contributed by atoms with Crippen molar-refractivity contribution in [1.82, 2.24) is 19.9 Å². The molecule has 20 heavy (non-hydrogen) atoms. The largest absolute Gasteiger partial charge is 0.335 e. The SMILES string of the molecule is Nn1c(Sc2ccccn2)nnc1-c1ccc(Cl)cc1. The highest BCUT2D eigenvalue weighted by molar-refractivity contribution is 7.99. The second-order valence-electron chi connectivity index (χ2n) is 3.95. The van der Waals surface area contributed by atoms with Crippen molar-refractivity contribution in [1.29, 1.82) is 0 Å². The van der Waals surface area contributed by atoms with Gasteiger partial charge < -0.3 is 5.84 Å². The van der Waals surface area contributed by atoms with Crippen LogP contribution in [-0.4, -0.2) is 19.9 Å². The van der Waals surface area contributed by atoms with Crippen molar-refractivity contribution >= 4 is 23.4 Å². The Morgan fingerprint density at radius 2 is 1.85 bits per heavy atom. The Kier molecular flexibility index (Phi) is 3.58. The first-order chi connectivity index (χ1) is 9.74. The van der Waals surface area contributed by atoms with Gasteiger partial charge in [0.15, 0.2) is 5.82 Å². The summed E-state index contributed by atoms with van der Waals surface area (Å²) < 4.78 is 1.45. The zero-order chi connectivity index (χ0) is 13.9. The third kappa shape index (κ3) is 2.61.